The molecule has 0 amide bonds. The maximum Gasteiger partial charge on any atom is 0.303 e. The van der Waals surface area contributed by atoms with Crippen LogP contribution in [0.5, 0.6) is 5.75 Å². The Balaban J connectivity index is 0.000000292. The number of benzene rings is 1. The Hall–Kier alpha value is -1.84. The standard InChI is InChI=1S/C7H6O2.C3H6O2/c8-5-6-3-1-2-4-7(6)9;1-2-3(4)5/h1-5,9H;2H2,1H3,(H,4,5). The zero-order valence-corrected chi connectivity index (χ0v) is 7.80. The Labute approximate surface area is 81.8 Å². The summed E-state index contributed by atoms with van der Waals surface area (Å²) in [5, 5.41) is 16.6. The van der Waals surface area contributed by atoms with Gasteiger partial charge in [-0.2, -0.15) is 0 Å². The monoisotopic (exact) mass is 196 g/mol. The SMILES string of the molecule is CCC(=O)O.O=Cc1ccccc1O. The molecule has 0 aliphatic carbocycles. The highest BCUT2D eigenvalue weighted by Crippen LogP contribution is 2.11. The van der Waals surface area contributed by atoms with E-state index in [0.29, 0.717) is 11.8 Å². The molecule has 0 fully saturated rings. The molecule has 14 heavy (non-hydrogen) atoms. The number of hydrogen-bond acceptors (Lipinski definition) is 3. The lowest BCUT2D eigenvalue weighted by molar-refractivity contribution is -0.136. The van der Waals surface area contributed by atoms with E-state index in [9.17, 15) is 9.59 Å². The van der Waals surface area contributed by atoms with E-state index in [0.717, 1.165) is 0 Å². The van der Waals surface area contributed by atoms with Gasteiger partial charge in [-0.05, 0) is 12.1 Å². The molecule has 76 valence electrons. The lowest BCUT2D eigenvalue weighted by Gasteiger charge is -1.91. The molecule has 1 aromatic rings. The number of carbonyl (C=O) groups excluding carboxylic acids is 1. The molecule has 4 heteroatoms. The van der Waals surface area contributed by atoms with Crippen LogP contribution in [0.2, 0.25) is 0 Å². The molecule has 0 heterocycles. The first kappa shape index (κ1) is 12.2. The first-order valence-electron chi connectivity index (χ1n) is 4.06. The average molecular weight is 196 g/mol. The van der Waals surface area contributed by atoms with Crippen molar-refractivity contribution in [2.24, 2.45) is 0 Å². The van der Waals surface area contributed by atoms with Crippen molar-refractivity contribution < 1.29 is 19.8 Å². The van der Waals surface area contributed by atoms with Crippen molar-refractivity contribution in [1.82, 2.24) is 0 Å². The first-order valence-corrected chi connectivity index (χ1v) is 4.06. The number of phenols is 1. The van der Waals surface area contributed by atoms with Gasteiger partial charge >= 0.3 is 5.97 Å². The van der Waals surface area contributed by atoms with Crippen LogP contribution in [-0.2, 0) is 4.79 Å². The summed E-state index contributed by atoms with van der Waals surface area (Å²) in [6, 6.07) is 6.40. The van der Waals surface area contributed by atoms with E-state index in [-0.39, 0.29) is 12.2 Å². The summed E-state index contributed by atoms with van der Waals surface area (Å²) >= 11 is 0. The van der Waals surface area contributed by atoms with Crippen molar-refractivity contribution in [2.75, 3.05) is 0 Å². The topological polar surface area (TPSA) is 74.6 Å². The maximum atomic E-state index is 10.1. The van der Waals surface area contributed by atoms with Crippen molar-refractivity contribution in [3.63, 3.8) is 0 Å². The number of aromatic hydroxyl groups is 1. The lowest BCUT2D eigenvalue weighted by Crippen LogP contribution is -1.86. The summed E-state index contributed by atoms with van der Waals surface area (Å²) in [5.41, 5.74) is 0.331. The Morgan fingerprint density at radius 3 is 2.21 bits per heavy atom. The van der Waals surface area contributed by atoms with Gasteiger partial charge in [0.2, 0.25) is 0 Å². The van der Waals surface area contributed by atoms with Crippen molar-refractivity contribution in [2.45, 2.75) is 13.3 Å². The van der Waals surface area contributed by atoms with Crippen LogP contribution in [0.3, 0.4) is 0 Å². The fourth-order valence-electron chi connectivity index (χ4n) is 0.587. The highest BCUT2D eigenvalue weighted by molar-refractivity contribution is 5.78. The van der Waals surface area contributed by atoms with E-state index in [2.05, 4.69) is 0 Å². The summed E-state index contributed by atoms with van der Waals surface area (Å²) in [5.74, 6) is -0.711. The smallest absolute Gasteiger partial charge is 0.303 e. The van der Waals surface area contributed by atoms with Crippen LogP contribution >= 0.6 is 0 Å². The lowest BCUT2D eigenvalue weighted by atomic mass is 10.2. The van der Waals surface area contributed by atoms with Gasteiger partial charge in [-0.25, -0.2) is 0 Å². The van der Waals surface area contributed by atoms with Crippen molar-refractivity contribution >= 4 is 12.3 Å². The number of rotatable bonds is 2. The van der Waals surface area contributed by atoms with Gasteiger partial charge in [-0.3, -0.25) is 9.59 Å². The molecule has 2 N–H and O–H groups in total. The second-order valence-electron chi connectivity index (χ2n) is 2.42. The maximum absolute atomic E-state index is 10.1. The van der Waals surface area contributed by atoms with Crippen molar-refractivity contribution in [3.05, 3.63) is 29.8 Å². The van der Waals surface area contributed by atoms with Crippen molar-refractivity contribution in [3.8, 4) is 5.75 Å². The van der Waals surface area contributed by atoms with E-state index in [1.165, 1.54) is 6.07 Å². The van der Waals surface area contributed by atoms with Crippen LogP contribution in [0.15, 0.2) is 24.3 Å². The number of para-hydroxylation sites is 1. The van der Waals surface area contributed by atoms with Crippen LogP contribution < -0.4 is 0 Å². The molecule has 0 saturated carbocycles. The van der Waals surface area contributed by atoms with Gasteiger partial charge in [0.1, 0.15) is 5.75 Å². The average Bonchev–Trinajstić information content (AvgIpc) is 2.19. The van der Waals surface area contributed by atoms with E-state index in [4.69, 9.17) is 10.2 Å². The van der Waals surface area contributed by atoms with E-state index in [1.807, 2.05) is 0 Å². The minimum Gasteiger partial charge on any atom is -0.507 e. The van der Waals surface area contributed by atoms with Gasteiger partial charge in [0.25, 0.3) is 0 Å². The van der Waals surface area contributed by atoms with Crippen LogP contribution in [0.4, 0.5) is 0 Å². The number of phenolic OH excluding ortho intramolecular Hbond substituents is 1. The summed E-state index contributed by atoms with van der Waals surface area (Å²) in [7, 11) is 0. The number of carboxylic acids is 1. The van der Waals surface area contributed by atoms with Gasteiger partial charge in [0.15, 0.2) is 6.29 Å². The number of aldehydes is 1. The second-order valence-corrected chi connectivity index (χ2v) is 2.42. The van der Waals surface area contributed by atoms with Gasteiger partial charge in [0, 0.05) is 6.42 Å². The number of aliphatic carboxylic acids is 1. The summed E-state index contributed by atoms with van der Waals surface area (Å²) in [6.07, 6.45) is 0.843. The third kappa shape index (κ3) is 4.92. The van der Waals surface area contributed by atoms with Gasteiger partial charge in [0.05, 0.1) is 5.56 Å². The molecule has 0 unspecified atom stereocenters. The highest BCUT2D eigenvalue weighted by Gasteiger charge is 1.93. The second kappa shape index (κ2) is 6.65. The molecule has 0 spiro atoms. The summed E-state index contributed by atoms with van der Waals surface area (Å²) in [4.78, 5) is 19.4. The Morgan fingerprint density at radius 2 is 1.93 bits per heavy atom. The zero-order valence-electron chi connectivity index (χ0n) is 7.80. The van der Waals surface area contributed by atoms with E-state index < -0.39 is 5.97 Å². The van der Waals surface area contributed by atoms with Crippen LogP contribution in [0.25, 0.3) is 0 Å². The predicted molar refractivity (Wildman–Crippen MR) is 51.4 cm³/mol. The molecule has 1 aromatic carbocycles. The molecule has 1 rings (SSSR count). The molecule has 0 aromatic heterocycles. The summed E-state index contributed by atoms with van der Waals surface area (Å²) in [6.45, 7) is 1.60. The summed E-state index contributed by atoms with van der Waals surface area (Å²) < 4.78 is 0. The van der Waals surface area contributed by atoms with Gasteiger partial charge in [-0.1, -0.05) is 19.1 Å². The van der Waals surface area contributed by atoms with Crippen LogP contribution in [-0.4, -0.2) is 22.5 Å². The first-order chi connectivity index (χ1) is 6.61. The van der Waals surface area contributed by atoms with Crippen LogP contribution in [0, 0.1) is 0 Å². The minimum atomic E-state index is -0.745. The third-order valence-electron chi connectivity index (χ3n) is 1.37. The Bertz CT molecular complexity index is 307. The fraction of sp³-hybridized carbons (Fsp3) is 0.200. The largest absolute Gasteiger partial charge is 0.507 e. The third-order valence-corrected chi connectivity index (χ3v) is 1.37. The van der Waals surface area contributed by atoms with Gasteiger partial charge in [-0.15, -0.1) is 0 Å². The van der Waals surface area contributed by atoms with Crippen LogP contribution in [0.1, 0.15) is 23.7 Å². The molecule has 0 aliphatic heterocycles. The minimum absolute atomic E-state index is 0.0347. The Kier molecular flexibility index (Phi) is 5.78. The Morgan fingerprint density at radius 1 is 1.43 bits per heavy atom. The molecule has 0 radical (unpaired) electrons. The van der Waals surface area contributed by atoms with E-state index in [1.54, 1.807) is 25.1 Å². The zero-order chi connectivity index (χ0) is 11.0. The molecular weight excluding hydrogens is 184 g/mol. The van der Waals surface area contributed by atoms with E-state index >= 15 is 0 Å². The fourth-order valence-corrected chi connectivity index (χ4v) is 0.587. The molecule has 0 bridgehead atoms. The molecule has 0 saturated heterocycles. The number of hydrogen-bond donors (Lipinski definition) is 2. The predicted octanol–water partition coefficient (Wildman–Crippen LogP) is 1.69. The molecule has 0 aliphatic rings. The number of carbonyl (C=O) groups is 2. The molecular formula is C10H12O4. The highest BCUT2D eigenvalue weighted by atomic mass is 16.4. The quantitative estimate of drug-likeness (QED) is 0.706. The molecule has 4 nitrogen and oxygen atoms in total. The molecule has 0 atom stereocenters. The number of carboxylic acid groups (broad SMARTS) is 1. The van der Waals surface area contributed by atoms with Crippen molar-refractivity contribution in [1.29, 1.82) is 0 Å². The normalized spacial score (nSPS) is 8.36. The van der Waals surface area contributed by atoms with Gasteiger partial charge < -0.3 is 10.2 Å².